The van der Waals surface area contributed by atoms with Gasteiger partial charge in [-0.05, 0) is 11.5 Å². The minimum atomic E-state index is -0.644. The molecule has 0 bridgehead atoms. The average molecular weight is 257 g/mol. The second-order valence-corrected chi connectivity index (χ2v) is 5.22. The van der Waals surface area contributed by atoms with E-state index in [9.17, 15) is 5.11 Å². The summed E-state index contributed by atoms with van der Waals surface area (Å²) in [7, 11) is 0. The molecule has 2 aromatic carbocycles. The summed E-state index contributed by atoms with van der Waals surface area (Å²) < 4.78 is 5.30. The summed E-state index contributed by atoms with van der Waals surface area (Å²) in [5.41, 5.74) is 0.438. The van der Waals surface area contributed by atoms with Crippen LogP contribution in [-0.4, -0.2) is 30.5 Å². The first-order valence-electron chi connectivity index (χ1n) is 6.79. The van der Waals surface area contributed by atoms with Gasteiger partial charge in [0, 0.05) is 43.7 Å². The van der Waals surface area contributed by atoms with Crippen LogP contribution in [0.25, 0.3) is 10.8 Å². The van der Waals surface area contributed by atoms with Gasteiger partial charge < -0.3 is 15.2 Å². The van der Waals surface area contributed by atoms with Crippen LogP contribution in [0.15, 0.2) is 42.5 Å². The average Bonchev–Trinajstić information content (AvgIpc) is 2.46. The maximum Gasteiger partial charge on any atom is 0.0863 e. The monoisotopic (exact) mass is 257 g/mol. The zero-order valence-corrected chi connectivity index (χ0v) is 10.9. The standard InChI is InChI=1S/C16H19NO2/c18-16(8-10-19-11-9-16)12-17-15-7-3-5-13-4-1-2-6-14(13)15/h1-7,17-18H,8-12H2. The van der Waals surface area contributed by atoms with E-state index >= 15 is 0 Å². The summed E-state index contributed by atoms with van der Waals surface area (Å²) in [4.78, 5) is 0. The Morgan fingerprint density at radius 2 is 1.79 bits per heavy atom. The molecule has 2 N–H and O–H groups in total. The smallest absolute Gasteiger partial charge is 0.0863 e. The lowest BCUT2D eigenvalue weighted by atomic mass is 9.94. The van der Waals surface area contributed by atoms with E-state index in [0.717, 1.165) is 5.69 Å². The van der Waals surface area contributed by atoms with Gasteiger partial charge in [0.2, 0.25) is 0 Å². The second kappa shape index (κ2) is 5.19. The molecular formula is C16H19NO2. The van der Waals surface area contributed by atoms with Crippen molar-refractivity contribution < 1.29 is 9.84 Å². The Morgan fingerprint density at radius 1 is 1.05 bits per heavy atom. The Morgan fingerprint density at radius 3 is 2.63 bits per heavy atom. The fraction of sp³-hybridized carbons (Fsp3) is 0.375. The Bertz CT molecular complexity index is 556. The van der Waals surface area contributed by atoms with Gasteiger partial charge in [0.25, 0.3) is 0 Å². The number of nitrogens with one attached hydrogen (secondary N) is 1. The van der Waals surface area contributed by atoms with E-state index < -0.39 is 5.60 Å². The highest BCUT2D eigenvalue weighted by Crippen LogP contribution is 2.25. The van der Waals surface area contributed by atoms with Gasteiger partial charge in [-0.15, -0.1) is 0 Å². The molecule has 1 aliphatic rings. The van der Waals surface area contributed by atoms with E-state index in [1.165, 1.54) is 10.8 Å². The zero-order valence-electron chi connectivity index (χ0n) is 10.9. The van der Waals surface area contributed by atoms with Gasteiger partial charge in [-0.1, -0.05) is 36.4 Å². The lowest BCUT2D eigenvalue weighted by Crippen LogP contribution is -2.42. The van der Waals surface area contributed by atoms with Crippen molar-refractivity contribution >= 4 is 16.5 Å². The van der Waals surface area contributed by atoms with Gasteiger partial charge in [0.15, 0.2) is 0 Å². The molecule has 1 heterocycles. The van der Waals surface area contributed by atoms with Gasteiger partial charge in [-0.25, -0.2) is 0 Å². The van der Waals surface area contributed by atoms with Gasteiger partial charge in [-0.3, -0.25) is 0 Å². The topological polar surface area (TPSA) is 41.5 Å². The lowest BCUT2D eigenvalue weighted by Gasteiger charge is -2.32. The molecule has 3 nitrogen and oxygen atoms in total. The van der Waals surface area contributed by atoms with Crippen LogP contribution >= 0.6 is 0 Å². The van der Waals surface area contributed by atoms with Crippen LogP contribution in [0, 0.1) is 0 Å². The molecule has 0 amide bonds. The molecule has 0 spiro atoms. The summed E-state index contributed by atoms with van der Waals surface area (Å²) in [5, 5.41) is 16.3. The highest BCUT2D eigenvalue weighted by atomic mass is 16.5. The highest BCUT2D eigenvalue weighted by molar-refractivity contribution is 5.93. The summed E-state index contributed by atoms with van der Waals surface area (Å²) in [6, 6.07) is 14.5. The van der Waals surface area contributed by atoms with E-state index in [1.807, 2.05) is 18.2 Å². The first-order valence-corrected chi connectivity index (χ1v) is 6.79. The first kappa shape index (κ1) is 12.5. The molecule has 1 aliphatic heterocycles. The summed E-state index contributed by atoms with van der Waals surface area (Å²) in [6.45, 7) is 1.87. The number of aliphatic hydroxyl groups is 1. The number of fused-ring (bicyclic) bond motifs is 1. The van der Waals surface area contributed by atoms with Crippen LogP contribution in [0.1, 0.15) is 12.8 Å². The lowest BCUT2D eigenvalue weighted by molar-refractivity contribution is -0.0543. The summed E-state index contributed by atoms with van der Waals surface area (Å²) in [6.07, 6.45) is 1.40. The number of hydrogen-bond acceptors (Lipinski definition) is 3. The number of anilines is 1. The van der Waals surface area contributed by atoms with E-state index in [2.05, 4.69) is 29.6 Å². The number of hydrogen-bond donors (Lipinski definition) is 2. The maximum atomic E-state index is 10.5. The molecule has 0 unspecified atom stereocenters. The highest BCUT2D eigenvalue weighted by Gasteiger charge is 2.29. The Hall–Kier alpha value is -1.58. The molecule has 0 aromatic heterocycles. The Balaban J connectivity index is 1.78. The second-order valence-electron chi connectivity index (χ2n) is 5.22. The Kier molecular flexibility index (Phi) is 3.40. The molecule has 1 fully saturated rings. The van der Waals surface area contributed by atoms with Crippen LogP contribution < -0.4 is 5.32 Å². The summed E-state index contributed by atoms with van der Waals surface area (Å²) >= 11 is 0. The number of rotatable bonds is 3. The van der Waals surface area contributed by atoms with Crippen molar-refractivity contribution in [3.63, 3.8) is 0 Å². The van der Waals surface area contributed by atoms with Gasteiger partial charge >= 0.3 is 0 Å². The molecule has 1 saturated heterocycles. The fourth-order valence-corrected chi connectivity index (χ4v) is 2.57. The molecule has 19 heavy (non-hydrogen) atoms. The summed E-state index contributed by atoms with van der Waals surface area (Å²) in [5.74, 6) is 0. The van der Waals surface area contributed by atoms with Gasteiger partial charge in [0.1, 0.15) is 0 Å². The minimum absolute atomic E-state index is 0.574. The van der Waals surface area contributed by atoms with Crippen LogP contribution in [-0.2, 0) is 4.74 Å². The largest absolute Gasteiger partial charge is 0.388 e. The van der Waals surface area contributed by atoms with Crippen molar-refractivity contribution in [1.29, 1.82) is 0 Å². The van der Waals surface area contributed by atoms with Gasteiger partial charge in [0.05, 0.1) is 5.60 Å². The first-order chi connectivity index (χ1) is 9.27. The molecule has 0 aliphatic carbocycles. The van der Waals surface area contributed by atoms with Crippen molar-refractivity contribution in [2.75, 3.05) is 25.1 Å². The molecule has 0 radical (unpaired) electrons. The molecule has 100 valence electrons. The molecular weight excluding hydrogens is 238 g/mol. The predicted octanol–water partition coefficient (Wildman–Crippen LogP) is 2.79. The predicted molar refractivity (Wildman–Crippen MR) is 77.4 cm³/mol. The zero-order chi connectivity index (χ0) is 13.1. The van der Waals surface area contributed by atoms with Crippen LogP contribution in [0.5, 0.6) is 0 Å². The van der Waals surface area contributed by atoms with Crippen molar-refractivity contribution in [2.24, 2.45) is 0 Å². The number of ether oxygens (including phenoxy) is 1. The SMILES string of the molecule is OC1(CNc2cccc3ccccc23)CCOCC1. The van der Waals surface area contributed by atoms with Crippen LogP contribution in [0.3, 0.4) is 0 Å². The Labute approximate surface area is 113 Å². The number of benzene rings is 2. The molecule has 2 aromatic rings. The van der Waals surface area contributed by atoms with Crippen molar-refractivity contribution in [3.8, 4) is 0 Å². The normalized spacial score (nSPS) is 18.4. The molecule has 0 saturated carbocycles. The molecule has 3 rings (SSSR count). The third kappa shape index (κ3) is 2.72. The quantitative estimate of drug-likeness (QED) is 0.888. The van der Waals surface area contributed by atoms with E-state index in [0.29, 0.717) is 32.6 Å². The third-order valence-corrected chi connectivity index (χ3v) is 3.82. The third-order valence-electron chi connectivity index (χ3n) is 3.82. The minimum Gasteiger partial charge on any atom is -0.388 e. The van der Waals surface area contributed by atoms with E-state index in [4.69, 9.17) is 4.74 Å². The fourth-order valence-electron chi connectivity index (χ4n) is 2.57. The molecule has 3 heteroatoms. The van der Waals surface area contributed by atoms with E-state index in [-0.39, 0.29) is 0 Å². The van der Waals surface area contributed by atoms with E-state index in [1.54, 1.807) is 0 Å². The van der Waals surface area contributed by atoms with Crippen LogP contribution in [0.2, 0.25) is 0 Å². The molecule has 0 atom stereocenters. The van der Waals surface area contributed by atoms with Crippen LogP contribution in [0.4, 0.5) is 5.69 Å². The van der Waals surface area contributed by atoms with Crippen molar-refractivity contribution in [2.45, 2.75) is 18.4 Å². The van der Waals surface area contributed by atoms with Crippen molar-refractivity contribution in [1.82, 2.24) is 0 Å². The van der Waals surface area contributed by atoms with Crippen molar-refractivity contribution in [3.05, 3.63) is 42.5 Å². The van der Waals surface area contributed by atoms with Gasteiger partial charge in [-0.2, -0.15) is 0 Å². The maximum absolute atomic E-state index is 10.5.